The lowest BCUT2D eigenvalue weighted by atomic mass is 10.2. The molecule has 0 saturated carbocycles. The molecule has 0 saturated heterocycles. The molecule has 0 unspecified atom stereocenters. The molecule has 22 heavy (non-hydrogen) atoms. The van der Waals surface area contributed by atoms with Gasteiger partial charge in [-0.3, -0.25) is 9.59 Å². The van der Waals surface area contributed by atoms with Gasteiger partial charge in [-0.05, 0) is 42.0 Å². The number of phenolic OH excluding ortho intramolecular Hbond substituents is 1. The minimum absolute atomic E-state index is 0.182. The number of aromatic hydroxyl groups is 1. The lowest BCUT2D eigenvalue weighted by Crippen LogP contribution is -2.22. The number of nitrogens with one attached hydrogen (secondary N) is 1. The van der Waals surface area contributed by atoms with Gasteiger partial charge in [0.15, 0.2) is 6.61 Å². The lowest BCUT2D eigenvalue weighted by Gasteiger charge is -2.07. The summed E-state index contributed by atoms with van der Waals surface area (Å²) in [6, 6.07) is 13.0. The van der Waals surface area contributed by atoms with Gasteiger partial charge >= 0.3 is 0 Å². The molecule has 0 radical (unpaired) electrons. The molecular formula is C16H16N2O4. The number of nitrogens with two attached hydrogens (primary N) is 1. The van der Waals surface area contributed by atoms with Crippen molar-refractivity contribution in [2.75, 3.05) is 6.61 Å². The molecule has 114 valence electrons. The maximum Gasteiger partial charge on any atom is 0.255 e. The molecule has 0 aromatic heterocycles. The zero-order valence-corrected chi connectivity index (χ0v) is 11.8. The van der Waals surface area contributed by atoms with E-state index in [-0.39, 0.29) is 18.3 Å². The van der Waals surface area contributed by atoms with E-state index in [1.54, 1.807) is 48.5 Å². The second-order valence-electron chi connectivity index (χ2n) is 4.63. The average Bonchev–Trinajstić information content (AvgIpc) is 2.52. The Morgan fingerprint density at radius 1 is 1.05 bits per heavy atom. The standard InChI is InChI=1S/C16H16N2O4/c17-15(20)10-22-14-7-3-12(4-8-14)16(21)18-9-11-1-5-13(19)6-2-11/h1-8,19H,9-10H2,(H2,17,20)(H,18,21). The molecule has 0 spiro atoms. The fraction of sp³-hybridized carbons (Fsp3) is 0.125. The van der Waals surface area contributed by atoms with Crippen LogP contribution in [0.3, 0.4) is 0 Å². The molecule has 2 rings (SSSR count). The van der Waals surface area contributed by atoms with Crippen molar-refractivity contribution in [3.05, 3.63) is 59.7 Å². The van der Waals surface area contributed by atoms with Crippen LogP contribution < -0.4 is 15.8 Å². The van der Waals surface area contributed by atoms with Gasteiger partial charge in [-0.15, -0.1) is 0 Å². The van der Waals surface area contributed by atoms with E-state index in [0.717, 1.165) is 5.56 Å². The number of ether oxygens (including phenoxy) is 1. The Hall–Kier alpha value is -3.02. The monoisotopic (exact) mass is 300 g/mol. The Labute approximate surface area is 127 Å². The molecule has 0 aliphatic carbocycles. The first-order valence-corrected chi connectivity index (χ1v) is 6.62. The van der Waals surface area contributed by atoms with Gasteiger partial charge in [-0.25, -0.2) is 0 Å². The molecular weight excluding hydrogens is 284 g/mol. The van der Waals surface area contributed by atoms with E-state index in [9.17, 15) is 14.7 Å². The van der Waals surface area contributed by atoms with E-state index in [2.05, 4.69) is 5.32 Å². The minimum Gasteiger partial charge on any atom is -0.508 e. The highest BCUT2D eigenvalue weighted by atomic mass is 16.5. The molecule has 0 fully saturated rings. The van der Waals surface area contributed by atoms with Gasteiger partial charge in [0.2, 0.25) is 0 Å². The summed E-state index contributed by atoms with van der Waals surface area (Å²) in [5.41, 5.74) is 6.34. The van der Waals surface area contributed by atoms with Crippen LogP contribution in [0.15, 0.2) is 48.5 Å². The number of carbonyl (C=O) groups is 2. The Morgan fingerprint density at radius 2 is 1.68 bits per heavy atom. The number of hydrogen-bond acceptors (Lipinski definition) is 4. The predicted octanol–water partition coefficient (Wildman–Crippen LogP) is 1.19. The summed E-state index contributed by atoms with van der Waals surface area (Å²) in [7, 11) is 0. The third kappa shape index (κ3) is 4.52. The quantitative estimate of drug-likeness (QED) is 0.745. The van der Waals surface area contributed by atoms with Gasteiger partial charge in [0.1, 0.15) is 11.5 Å². The molecule has 2 aromatic carbocycles. The van der Waals surface area contributed by atoms with Crippen LogP contribution in [-0.4, -0.2) is 23.5 Å². The van der Waals surface area contributed by atoms with E-state index >= 15 is 0 Å². The Kier molecular flexibility index (Phi) is 4.98. The summed E-state index contributed by atoms with van der Waals surface area (Å²) in [5, 5.41) is 12.0. The van der Waals surface area contributed by atoms with Gasteiger partial charge in [0.05, 0.1) is 0 Å². The average molecular weight is 300 g/mol. The zero-order chi connectivity index (χ0) is 15.9. The van der Waals surface area contributed by atoms with Crippen LogP contribution in [0.5, 0.6) is 11.5 Å². The Balaban J connectivity index is 1.89. The van der Waals surface area contributed by atoms with Gasteiger partial charge < -0.3 is 20.9 Å². The molecule has 2 amide bonds. The lowest BCUT2D eigenvalue weighted by molar-refractivity contribution is -0.119. The molecule has 0 aliphatic heterocycles. The first kappa shape index (κ1) is 15.4. The summed E-state index contributed by atoms with van der Waals surface area (Å²) in [6.07, 6.45) is 0. The van der Waals surface area contributed by atoms with Crippen molar-refractivity contribution in [1.82, 2.24) is 5.32 Å². The van der Waals surface area contributed by atoms with Crippen LogP contribution in [0.25, 0.3) is 0 Å². The van der Waals surface area contributed by atoms with Crippen LogP contribution >= 0.6 is 0 Å². The van der Waals surface area contributed by atoms with Crippen molar-refractivity contribution >= 4 is 11.8 Å². The van der Waals surface area contributed by atoms with Crippen molar-refractivity contribution in [2.24, 2.45) is 5.73 Å². The Bertz CT molecular complexity index is 651. The van der Waals surface area contributed by atoms with Crippen molar-refractivity contribution in [3.8, 4) is 11.5 Å². The Morgan fingerprint density at radius 3 is 2.27 bits per heavy atom. The van der Waals surface area contributed by atoms with Crippen LogP contribution in [0.1, 0.15) is 15.9 Å². The highest BCUT2D eigenvalue weighted by Gasteiger charge is 2.06. The largest absolute Gasteiger partial charge is 0.508 e. The fourth-order valence-electron chi connectivity index (χ4n) is 1.76. The summed E-state index contributed by atoms with van der Waals surface area (Å²) in [4.78, 5) is 22.6. The second kappa shape index (κ2) is 7.12. The number of rotatable bonds is 6. The maximum atomic E-state index is 12.0. The molecule has 6 nitrogen and oxygen atoms in total. The zero-order valence-electron chi connectivity index (χ0n) is 11.8. The third-order valence-electron chi connectivity index (χ3n) is 2.89. The van der Waals surface area contributed by atoms with Gasteiger partial charge in [0, 0.05) is 12.1 Å². The summed E-state index contributed by atoms with van der Waals surface area (Å²) in [5.74, 6) is -0.138. The molecule has 0 aliphatic rings. The minimum atomic E-state index is -0.560. The van der Waals surface area contributed by atoms with E-state index in [0.29, 0.717) is 17.9 Å². The first-order valence-electron chi connectivity index (χ1n) is 6.62. The van der Waals surface area contributed by atoms with Gasteiger partial charge in [0.25, 0.3) is 11.8 Å². The van der Waals surface area contributed by atoms with Crippen molar-refractivity contribution in [3.63, 3.8) is 0 Å². The highest BCUT2D eigenvalue weighted by molar-refractivity contribution is 5.94. The van der Waals surface area contributed by atoms with Crippen molar-refractivity contribution in [2.45, 2.75) is 6.54 Å². The summed E-state index contributed by atoms with van der Waals surface area (Å²) < 4.78 is 5.11. The fourth-order valence-corrected chi connectivity index (χ4v) is 1.76. The van der Waals surface area contributed by atoms with Crippen LogP contribution in [-0.2, 0) is 11.3 Å². The van der Waals surface area contributed by atoms with Crippen LogP contribution in [0.2, 0.25) is 0 Å². The number of carbonyl (C=O) groups excluding carboxylic acids is 2. The topological polar surface area (TPSA) is 102 Å². The molecule has 6 heteroatoms. The number of amides is 2. The number of hydrogen-bond donors (Lipinski definition) is 3. The third-order valence-corrected chi connectivity index (χ3v) is 2.89. The van der Waals surface area contributed by atoms with E-state index in [1.165, 1.54) is 0 Å². The number of benzene rings is 2. The van der Waals surface area contributed by atoms with Crippen molar-refractivity contribution < 1.29 is 19.4 Å². The molecule has 4 N–H and O–H groups in total. The SMILES string of the molecule is NC(=O)COc1ccc(C(=O)NCc2ccc(O)cc2)cc1. The van der Waals surface area contributed by atoms with E-state index < -0.39 is 5.91 Å². The summed E-state index contributed by atoms with van der Waals surface area (Å²) >= 11 is 0. The normalized spacial score (nSPS) is 10.0. The van der Waals surface area contributed by atoms with E-state index in [4.69, 9.17) is 10.5 Å². The number of primary amides is 1. The maximum absolute atomic E-state index is 12.0. The van der Waals surface area contributed by atoms with E-state index in [1.807, 2.05) is 0 Å². The first-order chi connectivity index (χ1) is 10.5. The van der Waals surface area contributed by atoms with Gasteiger partial charge in [-0.2, -0.15) is 0 Å². The predicted molar refractivity (Wildman–Crippen MR) is 80.4 cm³/mol. The van der Waals surface area contributed by atoms with Crippen LogP contribution in [0.4, 0.5) is 0 Å². The highest BCUT2D eigenvalue weighted by Crippen LogP contribution is 2.13. The molecule has 2 aromatic rings. The number of phenols is 1. The summed E-state index contributed by atoms with van der Waals surface area (Å²) in [6.45, 7) is 0.158. The molecule has 0 atom stereocenters. The van der Waals surface area contributed by atoms with Crippen LogP contribution in [0, 0.1) is 0 Å². The van der Waals surface area contributed by atoms with Gasteiger partial charge in [-0.1, -0.05) is 12.1 Å². The molecule has 0 bridgehead atoms. The second-order valence-corrected chi connectivity index (χ2v) is 4.63. The van der Waals surface area contributed by atoms with Crippen molar-refractivity contribution in [1.29, 1.82) is 0 Å². The smallest absolute Gasteiger partial charge is 0.255 e. The molecule has 0 heterocycles.